The van der Waals surface area contributed by atoms with Crippen LogP contribution < -0.4 is 23.7 Å². The van der Waals surface area contributed by atoms with Crippen LogP contribution in [-0.2, 0) is 25.6 Å². The fourth-order valence-corrected chi connectivity index (χ4v) is 6.34. The molecule has 0 amide bonds. The molecule has 4 aliphatic heterocycles. The number of carbonyl (C=O) groups excluding carboxylic acids is 1. The van der Waals surface area contributed by atoms with E-state index in [0.717, 1.165) is 11.1 Å². The third-order valence-corrected chi connectivity index (χ3v) is 8.52. The highest BCUT2D eigenvalue weighted by Gasteiger charge is 2.60. The van der Waals surface area contributed by atoms with E-state index in [1.54, 1.807) is 26.4 Å². The predicted octanol–water partition coefficient (Wildman–Crippen LogP) is 4.50. The van der Waals surface area contributed by atoms with Gasteiger partial charge in [0.2, 0.25) is 13.1 Å². The Kier molecular flexibility index (Phi) is 6.31. The van der Waals surface area contributed by atoms with E-state index in [1.807, 2.05) is 48.5 Å². The summed E-state index contributed by atoms with van der Waals surface area (Å²) in [6.07, 6.45) is -2.45. The monoisotopic (exact) mass is 600 g/mol. The van der Waals surface area contributed by atoms with Gasteiger partial charge in [-0.15, -0.1) is 0 Å². The lowest BCUT2D eigenvalue weighted by Crippen LogP contribution is -2.45. The number of esters is 1. The van der Waals surface area contributed by atoms with Gasteiger partial charge in [0.1, 0.15) is 12.4 Å². The number of hydrogen-bond donors (Lipinski definition) is 1. The highest BCUT2D eigenvalue weighted by molar-refractivity contribution is 6.14. The van der Waals surface area contributed by atoms with E-state index < -0.39 is 30.3 Å². The normalized spacial score (nSPS) is 24.7. The van der Waals surface area contributed by atoms with Gasteiger partial charge in [0, 0.05) is 22.1 Å². The van der Waals surface area contributed by atoms with Crippen molar-refractivity contribution in [1.82, 2.24) is 0 Å². The van der Waals surface area contributed by atoms with E-state index in [1.165, 1.54) is 0 Å². The van der Waals surface area contributed by atoms with Gasteiger partial charge in [-0.3, -0.25) is 0 Å². The van der Waals surface area contributed by atoms with Crippen molar-refractivity contribution in [2.75, 3.05) is 34.2 Å². The minimum absolute atomic E-state index is 0.0160. The number of benzene rings is 4. The molecule has 226 valence electrons. The van der Waals surface area contributed by atoms with Gasteiger partial charge < -0.3 is 47.7 Å². The molecule has 11 heteroatoms. The molecule has 8 rings (SSSR count). The molecule has 4 aliphatic rings. The maximum atomic E-state index is 13.4. The number of aliphatic hydroxyl groups is 1. The Balaban J connectivity index is 1.28. The van der Waals surface area contributed by atoms with Crippen molar-refractivity contribution < 1.29 is 52.5 Å². The maximum absolute atomic E-state index is 13.4. The lowest BCUT2D eigenvalue weighted by Gasteiger charge is -2.25. The quantitative estimate of drug-likeness (QED) is 0.302. The molecule has 4 aromatic carbocycles. The molecular formula is C33H28O11. The van der Waals surface area contributed by atoms with Crippen molar-refractivity contribution in [2.45, 2.75) is 30.9 Å². The first-order valence-corrected chi connectivity index (χ1v) is 14.1. The van der Waals surface area contributed by atoms with Crippen LogP contribution in [0.25, 0.3) is 21.9 Å². The lowest BCUT2D eigenvalue weighted by molar-refractivity contribution is -0.166. The van der Waals surface area contributed by atoms with Gasteiger partial charge in [-0.25, -0.2) is 4.79 Å². The third kappa shape index (κ3) is 4.01. The summed E-state index contributed by atoms with van der Waals surface area (Å²) in [5.41, 5.74) is 1.93. The van der Waals surface area contributed by atoms with Gasteiger partial charge in [0.05, 0.1) is 33.0 Å². The Bertz CT molecular complexity index is 1790. The van der Waals surface area contributed by atoms with E-state index in [9.17, 15) is 9.90 Å². The fourth-order valence-electron chi connectivity index (χ4n) is 6.34. The smallest absolute Gasteiger partial charge is 0.339 e. The summed E-state index contributed by atoms with van der Waals surface area (Å²) in [4.78, 5) is 13.4. The first-order chi connectivity index (χ1) is 21.5. The molecule has 4 atom stereocenters. The molecule has 0 aliphatic carbocycles. The highest BCUT2D eigenvalue weighted by Crippen LogP contribution is 2.51. The Morgan fingerprint density at radius 1 is 0.909 bits per heavy atom. The molecule has 2 saturated heterocycles. The number of carbonyl (C=O) groups is 1. The van der Waals surface area contributed by atoms with Crippen LogP contribution in [0.4, 0.5) is 0 Å². The molecule has 1 unspecified atom stereocenters. The van der Waals surface area contributed by atoms with Crippen LogP contribution in [0.3, 0.4) is 0 Å². The summed E-state index contributed by atoms with van der Waals surface area (Å²) >= 11 is 0. The molecule has 0 bridgehead atoms. The van der Waals surface area contributed by atoms with Crippen molar-refractivity contribution in [3.8, 4) is 39.9 Å². The molecule has 2 fully saturated rings. The summed E-state index contributed by atoms with van der Waals surface area (Å²) in [5, 5.41) is 11.7. The second kappa shape index (κ2) is 10.3. The molecule has 0 saturated carbocycles. The molecule has 0 spiro atoms. The zero-order valence-electron chi connectivity index (χ0n) is 23.9. The van der Waals surface area contributed by atoms with Crippen molar-refractivity contribution >= 4 is 16.7 Å². The van der Waals surface area contributed by atoms with Gasteiger partial charge in [0.15, 0.2) is 41.0 Å². The summed E-state index contributed by atoms with van der Waals surface area (Å²) in [6.45, 7) is -0.191. The third-order valence-electron chi connectivity index (χ3n) is 8.52. The summed E-state index contributed by atoms with van der Waals surface area (Å²) in [7, 11) is 3.09. The average Bonchev–Trinajstić information content (AvgIpc) is 3.84. The van der Waals surface area contributed by atoms with Crippen LogP contribution in [0.5, 0.6) is 28.7 Å². The summed E-state index contributed by atoms with van der Waals surface area (Å²) < 4.78 is 53.3. The molecule has 1 N–H and O–H groups in total. The number of fused-ring (bicyclic) bond motifs is 4. The number of aliphatic hydroxyl groups excluding tert-OH is 1. The standard InChI is InChI=1S/C33H28O11/c1-36-23-11-19-20(12-24(23)37-2)28(21-13-38-30(35)27(21)26(19)18-8-9-22-25(10-18)41-16-40-22)42-32-29-33(14-34,15-39-32)44-31(43-29)17-6-4-3-5-7-17/h3-12,29,31-32,34H,13-16H2,1-2H3/t29-,31?,32-,33+/m0/s1. The van der Waals surface area contributed by atoms with Gasteiger partial charge in [-0.1, -0.05) is 36.4 Å². The Hall–Kier alpha value is -4.55. The Labute approximate surface area is 251 Å². The van der Waals surface area contributed by atoms with Crippen LogP contribution in [-0.4, -0.2) is 63.3 Å². The molecule has 4 heterocycles. The molecule has 4 aromatic rings. The number of ether oxygens (including phenoxy) is 9. The zero-order valence-corrected chi connectivity index (χ0v) is 23.9. The number of methoxy groups -OCH3 is 2. The summed E-state index contributed by atoms with van der Waals surface area (Å²) in [5.74, 6) is 2.01. The van der Waals surface area contributed by atoms with Crippen molar-refractivity contribution in [2.24, 2.45) is 0 Å². The van der Waals surface area contributed by atoms with Crippen molar-refractivity contribution in [3.63, 3.8) is 0 Å². The van der Waals surface area contributed by atoms with Crippen molar-refractivity contribution in [3.05, 3.63) is 77.4 Å². The van der Waals surface area contributed by atoms with E-state index in [-0.39, 0.29) is 26.6 Å². The van der Waals surface area contributed by atoms with E-state index in [0.29, 0.717) is 56.2 Å². The predicted molar refractivity (Wildman–Crippen MR) is 153 cm³/mol. The van der Waals surface area contributed by atoms with Gasteiger partial charge >= 0.3 is 5.97 Å². The maximum Gasteiger partial charge on any atom is 0.339 e. The first-order valence-electron chi connectivity index (χ1n) is 14.1. The lowest BCUT2D eigenvalue weighted by atomic mass is 9.89. The molecular weight excluding hydrogens is 572 g/mol. The van der Waals surface area contributed by atoms with Crippen LogP contribution in [0, 0.1) is 0 Å². The molecule has 11 nitrogen and oxygen atoms in total. The Morgan fingerprint density at radius 3 is 2.45 bits per heavy atom. The fraction of sp³-hybridized carbons (Fsp3) is 0.303. The molecule has 0 radical (unpaired) electrons. The molecule has 44 heavy (non-hydrogen) atoms. The van der Waals surface area contributed by atoms with Gasteiger partial charge in [-0.05, 0) is 35.2 Å². The van der Waals surface area contributed by atoms with E-state index in [2.05, 4.69) is 0 Å². The highest BCUT2D eigenvalue weighted by atomic mass is 16.8. The van der Waals surface area contributed by atoms with Crippen LogP contribution in [0.1, 0.15) is 27.8 Å². The minimum Gasteiger partial charge on any atom is -0.493 e. The number of cyclic esters (lactones) is 1. The Morgan fingerprint density at radius 2 is 1.68 bits per heavy atom. The number of hydrogen-bond acceptors (Lipinski definition) is 11. The van der Waals surface area contributed by atoms with E-state index in [4.69, 9.17) is 42.6 Å². The van der Waals surface area contributed by atoms with Crippen LogP contribution in [0.2, 0.25) is 0 Å². The second-order valence-corrected chi connectivity index (χ2v) is 10.9. The average molecular weight is 601 g/mol. The van der Waals surface area contributed by atoms with E-state index >= 15 is 0 Å². The number of rotatable bonds is 7. The summed E-state index contributed by atoms with van der Waals surface area (Å²) in [6, 6.07) is 18.6. The molecule has 0 aromatic heterocycles. The van der Waals surface area contributed by atoms with Crippen LogP contribution >= 0.6 is 0 Å². The largest absolute Gasteiger partial charge is 0.493 e. The zero-order chi connectivity index (χ0) is 30.0. The van der Waals surface area contributed by atoms with Gasteiger partial charge in [-0.2, -0.15) is 0 Å². The SMILES string of the molecule is COc1cc2c(O[C@@H]3OC[C@@]4(CO)OC(c5ccccc5)O[C@@H]34)c3c(c(-c4ccc5c(c4)OCO5)c2cc1OC)C(=O)OC3. The van der Waals surface area contributed by atoms with Crippen LogP contribution in [0.15, 0.2) is 60.7 Å². The first kappa shape index (κ1) is 27.0. The van der Waals surface area contributed by atoms with Gasteiger partial charge in [0.25, 0.3) is 0 Å². The van der Waals surface area contributed by atoms with Crippen molar-refractivity contribution in [1.29, 1.82) is 0 Å². The minimum atomic E-state index is -1.14. The second-order valence-electron chi connectivity index (χ2n) is 10.9. The topological polar surface area (TPSA) is 120 Å².